The van der Waals surface area contributed by atoms with Crippen LogP contribution in [-0.4, -0.2) is 33.7 Å². The molecule has 1 aliphatic carbocycles. The molecule has 1 aromatic rings. The van der Waals surface area contributed by atoms with E-state index in [0.717, 1.165) is 18.4 Å². The molecular weight excluding hydrogens is 234 g/mol. The van der Waals surface area contributed by atoms with Crippen LogP contribution in [0.2, 0.25) is 0 Å². The Morgan fingerprint density at radius 3 is 2.67 bits per heavy atom. The monoisotopic (exact) mass is 251 g/mol. The van der Waals surface area contributed by atoms with E-state index in [-0.39, 0.29) is 0 Å². The van der Waals surface area contributed by atoms with Gasteiger partial charge in [-0.1, -0.05) is 12.8 Å². The van der Waals surface area contributed by atoms with Crippen molar-refractivity contribution in [3.63, 3.8) is 0 Å². The lowest BCUT2D eigenvalue weighted by Gasteiger charge is -2.26. The second kappa shape index (κ2) is 4.80. The third-order valence-corrected chi connectivity index (χ3v) is 3.46. The molecule has 1 aliphatic rings. The Morgan fingerprint density at radius 2 is 2.11 bits per heavy atom. The molecule has 6 nitrogen and oxygen atoms in total. The molecular formula is C12H17N3O3. The molecule has 0 unspecified atom stereocenters. The molecule has 0 bridgehead atoms. The molecule has 2 rings (SSSR count). The highest BCUT2D eigenvalue weighted by Crippen LogP contribution is 2.34. The molecule has 98 valence electrons. The highest BCUT2D eigenvalue weighted by molar-refractivity contribution is 5.83. The quantitative estimate of drug-likeness (QED) is 0.845. The average molecular weight is 251 g/mol. The summed E-state index contributed by atoms with van der Waals surface area (Å²) in [6.45, 7) is 1.81. The number of hydrogen-bond donors (Lipinski definition) is 2. The van der Waals surface area contributed by atoms with Crippen molar-refractivity contribution in [1.29, 1.82) is 0 Å². The first kappa shape index (κ1) is 12.6. The number of aromatic nitrogens is 2. The summed E-state index contributed by atoms with van der Waals surface area (Å²) in [5.74, 6) is 0.175. The number of carbonyl (C=O) groups is 1. The van der Waals surface area contributed by atoms with Crippen LogP contribution < -0.4 is 10.1 Å². The summed E-state index contributed by atoms with van der Waals surface area (Å²) in [5, 5.41) is 12.5. The van der Waals surface area contributed by atoms with Crippen molar-refractivity contribution in [3.05, 3.63) is 11.9 Å². The van der Waals surface area contributed by atoms with Gasteiger partial charge in [-0.3, -0.25) is 0 Å². The van der Waals surface area contributed by atoms with Crippen LogP contribution in [0.15, 0.2) is 6.33 Å². The van der Waals surface area contributed by atoms with Crippen LogP contribution in [-0.2, 0) is 4.79 Å². The third kappa shape index (κ3) is 2.10. The van der Waals surface area contributed by atoms with Crippen LogP contribution in [0.4, 0.5) is 5.82 Å². The normalized spacial score (nSPS) is 17.4. The van der Waals surface area contributed by atoms with Crippen LogP contribution in [0, 0.1) is 6.92 Å². The Balaban J connectivity index is 2.30. The Morgan fingerprint density at radius 1 is 1.44 bits per heavy atom. The van der Waals surface area contributed by atoms with E-state index in [1.54, 1.807) is 0 Å². The Labute approximate surface area is 105 Å². The lowest BCUT2D eigenvalue weighted by atomic mass is 9.97. The lowest BCUT2D eigenvalue weighted by molar-refractivity contribution is -0.142. The van der Waals surface area contributed by atoms with Gasteiger partial charge in [-0.2, -0.15) is 0 Å². The fourth-order valence-electron chi connectivity index (χ4n) is 2.36. The van der Waals surface area contributed by atoms with Gasteiger partial charge in [-0.15, -0.1) is 0 Å². The molecule has 6 heteroatoms. The smallest absolute Gasteiger partial charge is 0.329 e. The van der Waals surface area contributed by atoms with Crippen LogP contribution in [0.5, 0.6) is 5.88 Å². The van der Waals surface area contributed by atoms with Crippen molar-refractivity contribution in [2.45, 2.75) is 38.1 Å². The van der Waals surface area contributed by atoms with Gasteiger partial charge in [-0.05, 0) is 19.8 Å². The molecule has 1 aromatic heterocycles. The van der Waals surface area contributed by atoms with Gasteiger partial charge in [0.25, 0.3) is 0 Å². The summed E-state index contributed by atoms with van der Waals surface area (Å²) >= 11 is 0. The molecule has 0 amide bonds. The number of nitrogens with zero attached hydrogens (tertiary/aromatic N) is 2. The van der Waals surface area contributed by atoms with E-state index in [2.05, 4.69) is 15.3 Å². The second-order valence-corrected chi connectivity index (χ2v) is 4.58. The molecule has 0 atom stereocenters. The number of methoxy groups -OCH3 is 1. The highest BCUT2D eigenvalue weighted by Gasteiger charge is 2.42. The molecule has 0 aromatic carbocycles. The van der Waals surface area contributed by atoms with Gasteiger partial charge in [0, 0.05) is 0 Å². The predicted molar refractivity (Wildman–Crippen MR) is 65.8 cm³/mol. The van der Waals surface area contributed by atoms with Crippen molar-refractivity contribution in [3.8, 4) is 5.88 Å². The topological polar surface area (TPSA) is 84.3 Å². The van der Waals surface area contributed by atoms with Gasteiger partial charge in [-0.25, -0.2) is 14.8 Å². The molecule has 0 aliphatic heterocycles. The molecule has 0 spiro atoms. The van der Waals surface area contributed by atoms with E-state index in [4.69, 9.17) is 4.74 Å². The second-order valence-electron chi connectivity index (χ2n) is 4.58. The largest absolute Gasteiger partial charge is 0.481 e. The zero-order valence-corrected chi connectivity index (χ0v) is 10.6. The van der Waals surface area contributed by atoms with E-state index < -0.39 is 11.5 Å². The maximum Gasteiger partial charge on any atom is 0.329 e. The lowest BCUT2D eigenvalue weighted by Crippen LogP contribution is -2.44. The molecule has 0 radical (unpaired) electrons. The van der Waals surface area contributed by atoms with Crippen molar-refractivity contribution in [1.82, 2.24) is 9.97 Å². The molecule has 0 saturated heterocycles. The molecule has 18 heavy (non-hydrogen) atoms. The predicted octanol–water partition coefficient (Wildman–Crippen LogP) is 1.60. The van der Waals surface area contributed by atoms with Gasteiger partial charge in [0.1, 0.15) is 17.7 Å². The van der Waals surface area contributed by atoms with Crippen molar-refractivity contribution < 1.29 is 14.6 Å². The van der Waals surface area contributed by atoms with Gasteiger partial charge < -0.3 is 15.2 Å². The van der Waals surface area contributed by atoms with Crippen LogP contribution in [0.1, 0.15) is 31.2 Å². The number of hydrogen-bond acceptors (Lipinski definition) is 5. The van der Waals surface area contributed by atoms with E-state index in [1.807, 2.05) is 6.92 Å². The molecule has 1 fully saturated rings. The number of rotatable bonds is 4. The number of nitrogens with one attached hydrogen (secondary N) is 1. The van der Waals surface area contributed by atoms with E-state index in [9.17, 15) is 9.90 Å². The summed E-state index contributed by atoms with van der Waals surface area (Å²) in [6.07, 6.45) is 4.45. The minimum Gasteiger partial charge on any atom is -0.481 e. The summed E-state index contributed by atoms with van der Waals surface area (Å²) in [4.78, 5) is 19.5. The van der Waals surface area contributed by atoms with E-state index >= 15 is 0 Å². The number of ether oxygens (including phenoxy) is 1. The molecule has 1 saturated carbocycles. The van der Waals surface area contributed by atoms with Gasteiger partial charge >= 0.3 is 5.97 Å². The van der Waals surface area contributed by atoms with Crippen molar-refractivity contribution >= 4 is 11.8 Å². The highest BCUT2D eigenvalue weighted by atomic mass is 16.5. The summed E-state index contributed by atoms with van der Waals surface area (Å²) in [5.41, 5.74) is -0.169. The van der Waals surface area contributed by atoms with Crippen LogP contribution in [0.3, 0.4) is 0 Å². The Kier molecular flexibility index (Phi) is 3.36. The maximum atomic E-state index is 11.5. The van der Waals surface area contributed by atoms with Crippen molar-refractivity contribution in [2.75, 3.05) is 12.4 Å². The standard InChI is InChI=1S/C12H17N3O3/c1-8-9(13-7-14-10(8)18-2)15-12(11(16)17)5-3-4-6-12/h7H,3-6H2,1-2H3,(H,16,17)(H,13,14,15). The fourth-order valence-corrected chi connectivity index (χ4v) is 2.36. The van der Waals surface area contributed by atoms with E-state index in [0.29, 0.717) is 24.5 Å². The Hall–Kier alpha value is -1.85. The van der Waals surface area contributed by atoms with Gasteiger partial charge in [0.2, 0.25) is 5.88 Å². The van der Waals surface area contributed by atoms with Crippen molar-refractivity contribution in [2.24, 2.45) is 0 Å². The first-order valence-electron chi connectivity index (χ1n) is 5.96. The molecule has 2 N–H and O–H groups in total. The van der Waals surface area contributed by atoms with Gasteiger partial charge in [0.15, 0.2) is 0 Å². The fraction of sp³-hybridized carbons (Fsp3) is 0.583. The first-order chi connectivity index (χ1) is 8.59. The van der Waals surface area contributed by atoms with E-state index in [1.165, 1.54) is 13.4 Å². The Bertz CT molecular complexity index is 456. The third-order valence-electron chi connectivity index (χ3n) is 3.46. The average Bonchev–Trinajstić information content (AvgIpc) is 2.82. The SMILES string of the molecule is COc1ncnc(NC2(C(=O)O)CCCC2)c1C. The minimum absolute atomic E-state index is 0.464. The minimum atomic E-state index is -0.899. The zero-order chi connectivity index (χ0) is 13.2. The molecule has 1 heterocycles. The maximum absolute atomic E-state index is 11.5. The first-order valence-corrected chi connectivity index (χ1v) is 5.96. The van der Waals surface area contributed by atoms with Gasteiger partial charge in [0.05, 0.1) is 12.7 Å². The number of carboxylic acid groups (broad SMARTS) is 1. The summed E-state index contributed by atoms with van der Waals surface area (Å²) < 4.78 is 5.10. The zero-order valence-electron chi connectivity index (χ0n) is 10.6. The van der Waals surface area contributed by atoms with Crippen LogP contribution >= 0.6 is 0 Å². The summed E-state index contributed by atoms with van der Waals surface area (Å²) in [7, 11) is 1.53. The summed E-state index contributed by atoms with van der Waals surface area (Å²) in [6, 6.07) is 0. The van der Waals surface area contributed by atoms with Crippen LogP contribution in [0.25, 0.3) is 0 Å². The number of anilines is 1. The number of carboxylic acids is 1. The number of aliphatic carboxylic acids is 1.